The summed E-state index contributed by atoms with van der Waals surface area (Å²) in [5, 5.41) is 11.9. The highest BCUT2D eigenvalue weighted by Crippen LogP contribution is 2.21. The largest absolute Gasteiger partial charge is 0.409 e. The second-order valence-corrected chi connectivity index (χ2v) is 5.15. The number of anilines is 1. The van der Waals surface area contributed by atoms with Gasteiger partial charge in [0.25, 0.3) is 0 Å². The fourth-order valence-electron chi connectivity index (χ4n) is 2.61. The Labute approximate surface area is 113 Å². The summed E-state index contributed by atoms with van der Waals surface area (Å²) >= 11 is 0. The Kier molecular flexibility index (Phi) is 4.21. The first-order valence-corrected chi connectivity index (χ1v) is 6.44. The molecule has 0 aromatic carbocycles. The van der Waals surface area contributed by atoms with Gasteiger partial charge in [0.2, 0.25) is 0 Å². The van der Waals surface area contributed by atoms with E-state index in [2.05, 4.69) is 27.0 Å². The summed E-state index contributed by atoms with van der Waals surface area (Å²) in [6, 6.07) is 3.81. The highest BCUT2D eigenvalue weighted by atomic mass is 16.4. The molecule has 2 rings (SSSR count). The van der Waals surface area contributed by atoms with Gasteiger partial charge in [0.05, 0.1) is 5.69 Å². The molecular formula is C13H21N5O. The van der Waals surface area contributed by atoms with Gasteiger partial charge in [-0.25, -0.2) is 0 Å². The van der Waals surface area contributed by atoms with Crippen LogP contribution < -0.4 is 10.6 Å². The van der Waals surface area contributed by atoms with Crippen LogP contribution in [0.3, 0.4) is 0 Å². The number of nitrogens with two attached hydrogens (primary N) is 1. The van der Waals surface area contributed by atoms with Crippen LogP contribution in [0.4, 0.5) is 5.69 Å². The van der Waals surface area contributed by atoms with Crippen LogP contribution in [0.25, 0.3) is 0 Å². The van der Waals surface area contributed by atoms with E-state index >= 15 is 0 Å². The molecule has 3 N–H and O–H groups in total. The van der Waals surface area contributed by atoms with Crippen LogP contribution in [-0.2, 0) is 0 Å². The van der Waals surface area contributed by atoms with Crippen LogP contribution in [0.1, 0.15) is 12.1 Å². The highest BCUT2D eigenvalue weighted by Gasteiger charge is 2.22. The van der Waals surface area contributed by atoms with Crippen molar-refractivity contribution in [2.45, 2.75) is 6.42 Å². The summed E-state index contributed by atoms with van der Waals surface area (Å²) in [5.74, 6) is 0.696. The molecule has 19 heavy (non-hydrogen) atoms. The average Bonchev–Trinajstić information content (AvgIpc) is 2.83. The first kappa shape index (κ1) is 13.6. The Morgan fingerprint density at radius 3 is 3.11 bits per heavy atom. The molecule has 2 heterocycles. The van der Waals surface area contributed by atoms with Crippen molar-refractivity contribution in [3.8, 4) is 0 Å². The molecule has 1 aliphatic rings. The van der Waals surface area contributed by atoms with Crippen LogP contribution in [0, 0.1) is 5.92 Å². The molecule has 0 amide bonds. The third-order valence-electron chi connectivity index (χ3n) is 3.57. The van der Waals surface area contributed by atoms with Crippen molar-refractivity contribution in [3.05, 3.63) is 24.0 Å². The normalized spacial score (nSPS) is 20.7. The van der Waals surface area contributed by atoms with Gasteiger partial charge in [-0.05, 0) is 38.1 Å². The van der Waals surface area contributed by atoms with Crippen LogP contribution in [0.15, 0.2) is 23.5 Å². The van der Waals surface area contributed by atoms with Crippen LogP contribution in [-0.4, -0.2) is 54.7 Å². The quantitative estimate of drug-likeness (QED) is 0.359. The number of nitrogens with zero attached hydrogens (tertiary/aromatic N) is 4. The molecule has 1 fully saturated rings. The number of amidine groups is 1. The summed E-state index contributed by atoms with van der Waals surface area (Å²) < 4.78 is 0. The molecule has 0 spiro atoms. The Hall–Kier alpha value is -1.82. The van der Waals surface area contributed by atoms with Gasteiger partial charge in [-0.15, -0.1) is 0 Å². The monoisotopic (exact) mass is 263 g/mol. The first-order valence-electron chi connectivity index (χ1n) is 6.44. The predicted molar refractivity (Wildman–Crippen MR) is 75.6 cm³/mol. The third-order valence-corrected chi connectivity index (χ3v) is 3.57. The number of likely N-dealkylation sites (tertiary alicyclic amines) is 1. The number of oxime groups is 1. The van der Waals surface area contributed by atoms with Gasteiger partial charge < -0.3 is 20.7 Å². The molecule has 104 valence electrons. The smallest absolute Gasteiger partial charge is 0.190 e. The number of hydrogen-bond donors (Lipinski definition) is 2. The van der Waals surface area contributed by atoms with E-state index in [9.17, 15) is 0 Å². The van der Waals surface area contributed by atoms with Crippen LogP contribution in [0.5, 0.6) is 0 Å². The Bertz CT molecular complexity index is 462. The zero-order valence-electron chi connectivity index (χ0n) is 11.5. The molecule has 1 saturated heterocycles. The van der Waals surface area contributed by atoms with Crippen molar-refractivity contribution in [2.24, 2.45) is 16.8 Å². The lowest BCUT2D eigenvalue weighted by molar-refractivity contribution is 0.318. The van der Waals surface area contributed by atoms with Gasteiger partial charge in [-0.1, -0.05) is 5.16 Å². The fourth-order valence-corrected chi connectivity index (χ4v) is 2.61. The third kappa shape index (κ3) is 3.14. The minimum Gasteiger partial charge on any atom is -0.409 e. The predicted octanol–water partition coefficient (Wildman–Crippen LogP) is 0.564. The summed E-state index contributed by atoms with van der Waals surface area (Å²) in [4.78, 5) is 8.66. The zero-order chi connectivity index (χ0) is 13.8. The van der Waals surface area contributed by atoms with Gasteiger partial charge >= 0.3 is 0 Å². The Morgan fingerprint density at radius 2 is 2.47 bits per heavy atom. The lowest BCUT2D eigenvalue weighted by Crippen LogP contribution is -2.29. The Balaban J connectivity index is 2.12. The van der Waals surface area contributed by atoms with Crippen molar-refractivity contribution >= 4 is 11.5 Å². The molecular weight excluding hydrogens is 242 g/mol. The molecule has 1 unspecified atom stereocenters. The second kappa shape index (κ2) is 5.88. The number of rotatable bonds is 4. The lowest BCUT2D eigenvalue weighted by atomic mass is 10.1. The van der Waals surface area contributed by atoms with Crippen LogP contribution in [0.2, 0.25) is 0 Å². The van der Waals surface area contributed by atoms with Crippen molar-refractivity contribution < 1.29 is 5.21 Å². The number of hydrogen-bond acceptors (Lipinski definition) is 5. The zero-order valence-corrected chi connectivity index (χ0v) is 11.5. The van der Waals surface area contributed by atoms with Gasteiger partial charge in [0.15, 0.2) is 5.84 Å². The standard InChI is InChI=1S/C13H21N5O/c1-17-7-5-10(8-17)9-18(2)11-4-3-6-15-12(11)13(14)16-19/h3-4,6,10,19H,5,7-9H2,1-2H3,(H2,14,16). The first-order chi connectivity index (χ1) is 9.11. The molecule has 1 aromatic heterocycles. The summed E-state index contributed by atoms with van der Waals surface area (Å²) in [6.45, 7) is 3.21. The topological polar surface area (TPSA) is 78.0 Å². The SMILES string of the molecule is CN1CCC(CN(C)c2cccnc2/C(N)=N/O)C1. The van der Waals surface area contributed by atoms with Gasteiger partial charge in [0, 0.05) is 26.3 Å². The molecule has 0 radical (unpaired) electrons. The van der Waals surface area contributed by atoms with E-state index in [4.69, 9.17) is 10.9 Å². The highest BCUT2D eigenvalue weighted by molar-refractivity contribution is 6.00. The molecule has 1 aliphatic heterocycles. The molecule has 6 nitrogen and oxygen atoms in total. The average molecular weight is 263 g/mol. The molecule has 0 bridgehead atoms. The molecule has 6 heteroatoms. The summed E-state index contributed by atoms with van der Waals surface area (Å²) in [5.41, 5.74) is 7.09. The van der Waals surface area contributed by atoms with E-state index in [-0.39, 0.29) is 5.84 Å². The molecule has 0 saturated carbocycles. The lowest BCUT2D eigenvalue weighted by Gasteiger charge is -2.24. The number of aromatic nitrogens is 1. The summed E-state index contributed by atoms with van der Waals surface area (Å²) in [7, 11) is 4.16. The van der Waals surface area contributed by atoms with Crippen molar-refractivity contribution in [3.63, 3.8) is 0 Å². The fraction of sp³-hybridized carbons (Fsp3) is 0.538. The van der Waals surface area contributed by atoms with Crippen LogP contribution >= 0.6 is 0 Å². The minimum absolute atomic E-state index is 0.0472. The molecule has 1 aromatic rings. The van der Waals surface area contributed by atoms with Crippen molar-refractivity contribution in [1.29, 1.82) is 0 Å². The minimum atomic E-state index is 0.0472. The van der Waals surface area contributed by atoms with E-state index in [1.54, 1.807) is 6.20 Å². The van der Waals surface area contributed by atoms with E-state index in [0.29, 0.717) is 11.6 Å². The second-order valence-electron chi connectivity index (χ2n) is 5.15. The Morgan fingerprint density at radius 1 is 1.68 bits per heavy atom. The van der Waals surface area contributed by atoms with E-state index < -0.39 is 0 Å². The maximum absolute atomic E-state index is 8.81. The van der Waals surface area contributed by atoms with E-state index in [1.807, 2.05) is 19.2 Å². The van der Waals surface area contributed by atoms with Gasteiger partial charge in [-0.2, -0.15) is 0 Å². The summed E-state index contributed by atoms with van der Waals surface area (Å²) in [6.07, 6.45) is 2.86. The van der Waals surface area contributed by atoms with Gasteiger partial charge in [0.1, 0.15) is 5.69 Å². The van der Waals surface area contributed by atoms with Crippen molar-refractivity contribution in [1.82, 2.24) is 9.88 Å². The number of pyridine rings is 1. The maximum atomic E-state index is 8.81. The maximum Gasteiger partial charge on any atom is 0.190 e. The molecule has 1 atom stereocenters. The van der Waals surface area contributed by atoms with Crippen molar-refractivity contribution in [2.75, 3.05) is 38.6 Å². The van der Waals surface area contributed by atoms with E-state index in [1.165, 1.54) is 6.42 Å². The van der Waals surface area contributed by atoms with E-state index in [0.717, 1.165) is 25.3 Å². The molecule has 0 aliphatic carbocycles. The van der Waals surface area contributed by atoms with Gasteiger partial charge in [-0.3, -0.25) is 4.98 Å².